The Hall–Kier alpha value is -1.75. The maximum atomic E-state index is 6.40. The molecule has 4 nitrogen and oxygen atoms in total. The number of nitrogens with zero attached hydrogens (tertiary/aromatic N) is 2. The summed E-state index contributed by atoms with van der Waals surface area (Å²) in [6.45, 7) is 0.601. The summed E-state index contributed by atoms with van der Waals surface area (Å²) >= 11 is 12.6. The van der Waals surface area contributed by atoms with Crippen LogP contribution in [0.5, 0.6) is 0 Å². The number of imidazole rings is 1. The van der Waals surface area contributed by atoms with Crippen molar-refractivity contribution in [3.8, 4) is 0 Å². The average molecular weight is 389 g/mol. The molecular formula is C20H22Cl2N4. The van der Waals surface area contributed by atoms with Crippen LogP contribution < -0.4 is 11.1 Å². The monoisotopic (exact) mass is 388 g/mol. The summed E-state index contributed by atoms with van der Waals surface area (Å²) in [4.78, 5) is 4.81. The summed E-state index contributed by atoms with van der Waals surface area (Å²) in [7, 11) is 0. The van der Waals surface area contributed by atoms with Gasteiger partial charge < -0.3 is 15.6 Å². The number of hydrogen-bond donors (Lipinski definition) is 2. The van der Waals surface area contributed by atoms with E-state index < -0.39 is 0 Å². The second kappa shape index (κ2) is 7.47. The molecule has 3 aromatic rings. The molecule has 0 aliphatic heterocycles. The third kappa shape index (κ3) is 3.54. The van der Waals surface area contributed by atoms with Crippen LogP contribution in [0.25, 0.3) is 11.0 Å². The standard InChI is InChI=1S/C20H22Cl2N4/c21-14-9-10-15(22)13(11-14)12-26-19-8-4-3-7-18(19)25-20(26)24-17-6-2-1-5-16(17)23/h3-4,7-11,16-17H,1-2,5-6,12,23H2,(H,24,25)/t16-,17-/m1/s1. The number of halogens is 2. The highest BCUT2D eigenvalue weighted by Gasteiger charge is 2.24. The molecule has 136 valence electrons. The lowest BCUT2D eigenvalue weighted by Crippen LogP contribution is -2.43. The molecule has 0 amide bonds. The Balaban J connectivity index is 1.73. The van der Waals surface area contributed by atoms with E-state index >= 15 is 0 Å². The maximum Gasteiger partial charge on any atom is 0.204 e. The molecular weight excluding hydrogens is 367 g/mol. The second-order valence-corrected chi connectivity index (χ2v) is 7.79. The van der Waals surface area contributed by atoms with E-state index in [9.17, 15) is 0 Å². The van der Waals surface area contributed by atoms with Gasteiger partial charge in [0, 0.05) is 22.1 Å². The van der Waals surface area contributed by atoms with Crippen molar-refractivity contribution < 1.29 is 0 Å². The SMILES string of the molecule is N[C@@H]1CCCC[C@H]1Nc1nc2ccccc2n1Cc1cc(Cl)ccc1Cl. The van der Waals surface area contributed by atoms with Gasteiger partial charge in [-0.05, 0) is 48.7 Å². The molecule has 1 heterocycles. The number of fused-ring (bicyclic) bond motifs is 1. The van der Waals surface area contributed by atoms with Crippen LogP contribution in [0.4, 0.5) is 5.95 Å². The predicted octanol–water partition coefficient (Wildman–Crippen LogP) is 5.07. The predicted molar refractivity (Wildman–Crippen MR) is 109 cm³/mol. The van der Waals surface area contributed by atoms with Gasteiger partial charge in [0.05, 0.1) is 17.6 Å². The summed E-state index contributed by atoms with van der Waals surface area (Å²) in [5.41, 5.74) is 9.32. The number of rotatable bonds is 4. The number of hydrogen-bond acceptors (Lipinski definition) is 3. The van der Waals surface area contributed by atoms with Gasteiger partial charge in [-0.15, -0.1) is 0 Å². The molecule has 4 rings (SSSR count). The highest BCUT2D eigenvalue weighted by Crippen LogP contribution is 2.28. The van der Waals surface area contributed by atoms with Gasteiger partial charge in [0.25, 0.3) is 0 Å². The van der Waals surface area contributed by atoms with E-state index in [2.05, 4.69) is 16.0 Å². The fraction of sp³-hybridized carbons (Fsp3) is 0.350. The Morgan fingerprint density at radius 3 is 2.77 bits per heavy atom. The van der Waals surface area contributed by atoms with Crippen LogP contribution >= 0.6 is 23.2 Å². The first-order valence-corrected chi connectivity index (χ1v) is 9.79. The second-order valence-electron chi connectivity index (χ2n) is 6.95. The Bertz CT molecular complexity index is 921. The Morgan fingerprint density at radius 2 is 1.92 bits per heavy atom. The molecule has 1 aliphatic carbocycles. The van der Waals surface area contributed by atoms with E-state index in [1.165, 1.54) is 12.8 Å². The lowest BCUT2D eigenvalue weighted by Gasteiger charge is -2.30. The number of nitrogens with two attached hydrogens (primary N) is 1. The zero-order valence-electron chi connectivity index (χ0n) is 14.5. The van der Waals surface area contributed by atoms with Gasteiger partial charge in [0.15, 0.2) is 0 Å². The van der Waals surface area contributed by atoms with Crippen molar-refractivity contribution in [1.82, 2.24) is 9.55 Å². The van der Waals surface area contributed by atoms with Crippen molar-refractivity contribution >= 4 is 40.2 Å². The number of aromatic nitrogens is 2. The first kappa shape index (κ1) is 17.7. The summed E-state index contributed by atoms with van der Waals surface area (Å²) < 4.78 is 2.16. The topological polar surface area (TPSA) is 55.9 Å². The molecule has 3 N–H and O–H groups in total. The molecule has 2 atom stereocenters. The van der Waals surface area contributed by atoms with Crippen molar-refractivity contribution in [2.75, 3.05) is 5.32 Å². The van der Waals surface area contributed by atoms with Gasteiger partial charge in [0.2, 0.25) is 5.95 Å². The lowest BCUT2D eigenvalue weighted by molar-refractivity contribution is 0.401. The van der Waals surface area contributed by atoms with Gasteiger partial charge in [-0.3, -0.25) is 0 Å². The Labute approximate surface area is 163 Å². The highest BCUT2D eigenvalue weighted by molar-refractivity contribution is 6.33. The number of benzene rings is 2. The van der Waals surface area contributed by atoms with E-state index in [4.69, 9.17) is 33.9 Å². The minimum absolute atomic E-state index is 0.159. The van der Waals surface area contributed by atoms with Gasteiger partial charge in [-0.1, -0.05) is 48.2 Å². The number of anilines is 1. The van der Waals surface area contributed by atoms with Crippen molar-refractivity contribution in [3.05, 3.63) is 58.1 Å². The molecule has 1 aliphatic rings. The molecule has 0 radical (unpaired) electrons. The van der Waals surface area contributed by atoms with Crippen molar-refractivity contribution in [2.24, 2.45) is 5.73 Å². The molecule has 1 fully saturated rings. The normalized spacial score (nSPS) is 20.4. The fourth-order valence-electron chi connectivity index (χ4n) is 3.69. The van der Waals surface area contributed by atoms with Crippen molar-refractivity contribution in [1.29, 1.82) is 0 Å². The van der Waals surface area contributed by atoms with Crippen LogP contribution in [0.3, 0.4) is 0 Å². The lowest BCUT2D eigenvalue weighted by atomic mass is 9.91. The molecule has 0 saturated heterocycles. The molecule has 0 bridgehead atoms. The third-order valence-corrected chi connectivity index (χ3v) is 5.73. The van der Waals surface area contributed by atoms with E-state index in [1.807, 2.05) is 30.3 Å². The summed E-state index contributed by atoms with van der Waals surface area (Å²) in [5.74, 6) is 0.838. The zero-order valence-corrected chi connectivity index (χ0v) is 16.0. The summed E-state index contributed by atoms with van der Waals surface area (Å²) in [6, 6.07) is 14.1. The van der Waals surface area contributed by atoms with Gasteiger partial charge >= 0.3 is 0 Å². The van der Waals surface area contributed by atoms with Crippen molar-refractivity contribution in [2.45, 2.75) is 44.3 Å². The fourth-order valence-corrected chi connectivity index (χ4v) is 4.06. The molecule has 26 heavy (non-hydrogen) atoms. The van der Waals surface area contributed by atoms with Gasteiger partial charge in [-0.2, -0.15) is 0 Å². The van der Waals surface area contributed by atoms with E-state index in [-0.39, 0.29) is 12.1 Å². The first-order valence-electron chi connectivity index (χ1n) is 9.03. The summed E-state index contributed by atoms with van der Waals surface area (Å²) in [5, 5.41) is 4.97. The minimum Gasteiger partial charge on any atom is -0.351 e. The smallest absolute Gasteiger partial charge is 0.204 e. The van der Waals surface area contributed by atoms with Crippen LogP contribution in [0.1, 0.15) is 31.2 Å². The largest absolute Gasteiger partial charge is 0.351 e. The number of nitrogens with one attached hydrogen (secondary N) is 1. The number of para-hydroxylation sites is 2. The molecule has 1 aromatic heterocycles. The van der Waals surface area contributed by atoms with E-state index in [0.717, 1.165) is 35.4 Å². The van der Waals surface area contributed by atoms with Crippen LogP contribution in [0.2, 0.25) is 10.0 Å². The first-order chi connectivity index (χ1) is 12.6. The molecule has 0 unspecified atom stereocenters. The minimum atomic E-state index is 0.159. The third-order valence-electron chi connectivity index (χ3n) is 5.12. The van der Waals surface area contributed by atoms with Crippen LogP contribution in [-0.4, -0.2) is 21.6 Å². The molecule has 0 spiro atoms. The highest BCUT2D eigenvalue weighted by atomic mass is 35.5. The van der Waals surface area contributed by atoms with Crippen LogP contribution in [0, 0.1) is 0 Å². The Kier molecular flexibility index (Phi) is 5.07. The quantitative estimate of drug-likeness (QED) is 0.655. The van der Waals surface area contributed by atoms with Gasteiger partial charge in [-0.25, -0.2) is 4.98 Å². The molecule has 2 aromatic carbocycles. The van der Waals surface area contributed by atoms with Crippen molar-refractivity contribution in [3.63, 3.8) is 0 Å². The summed E-state index contributed by atoms with van der Waals surface area (Å²) in [6.07, 6.45) is 4.53. The maximum absolute atomic E-state index is 6.40. The molecule has 1 saturated carbocycles. The van der Waals surface area contributed by atoms with Crippen LogP contribution in [-0.2, 0) is 6.54 Å². The molecule has 6 heteroatoms. The van der Waals surface area contributed by atoms with Crippen LogP contribution in [0.15, 0.2) is 42.5 Å². The average Bonchev–Trinajstić information content (AvgIpc) is 2.97. The zero-order chi connectivity index (χ0) is 18.1. The van der Waals surface area contributed by atoms with E-state index in [0.29, 0.717) is 16.6 Å². The van der Waals surface area contributed by atoms with Gasteiger partial charge in [0.1, 0.15) is 0 Å². The Morgan fingerprint density at radius 1 is 1.12 bits per heavy atom. The van der Waals surface area contributed by atoms with E-state index in [1.54, 1.807) is 6.07 Å².